The van der Waals surface area contributed by atoms with E-state index in [0.29, 0.717) is 22.4 Å². The van der Waals surface area contributed by atoms with Crippen molar-refractivity contribution in [3.05, 3.63) is 41.1 Å². The van der Waals surface area contributed by atoms with Crippen molar-refractivity contribution in [2.75, 3.05) is 6.61 Å². The van der Waals surface area contributed by atoms with Crippen molar-refractivity contribution < 1.29 is 19.1 Å². The highest BCUT2D eigenvalue weighted by Crippen LogP contribution is 2.26. The molecule has 0 amide bonds. The van der Waals surface area contributed by atoms with Crippen molar-refractivity contribution in [3.8, 4) is 17.3 Å². The molecule has 2 rings (SSSR count). The molecule has 0 saturated heterocycles. The third kappa shape index (κ3) is 4.09. The largest absolute Gasteiger partial charge is 0.461 e. The molecule has 7 heteroatoms. The third-order valence-corrected chi connectivity index (χ3v) is 3.44. The van der Waals surface area contributed by atoms with Gasteiger partial charge >= 0.3 is 12.1 Å². The number of aromatic nitrogens is 2. The number of hydrogen-bond donors (Lipinski definition) is 0. The molecule has 1 heterocycles. The van der Waals surface area contributed by atoms with E-state index in [1.54, 1.807) is 58.9 Å². The predicted molar refractivity (Wildman–Crippen MR) is 94.7 cm³/mol. The molecule has 136 valence electrons. The SMILES string of the molecule is CCOC(=O)c1c(C)c(-c2ccc(C#N)cc2)nn1C(=O)OC(C)(C)C. The van der Waals surface area contributed by atoms with Crippen LogP contribution in [-0.4, -0.2) is 34.1 Å². The van der Waals surface area contributed by atoms with Crippen LogP contribution < -0.4 is 0 Å². The minimum Gasteiger partial charge on any atom is -0.461 e. The van der Waals surface area contributed by atoms with Gasteiger partial charge in [0, 0.05) is 11.1 Å². The van der Waals surface area contributed by atoms with E-state index in [1.807, 2.05) is 6.07 Å². The zero-order valence-electron chi connectivity index (χ0n) is 15.5. The Bertz CT molecular complexity index is 868. The van der Waals surface area contributed by atoms with Crippen LogP contribution in [0, 0.1) is 18.3 Å². The maximum Gasteiger partial charge on any atom is 0.436 e. The number of esters is 1. The molecule has 7 nitrogen and oxygen atoms in total. The Kier molecular flexibility index (Phi) is 5.46. The van der Waals surface area contributed by atoms with Crippen LogP contribution in [0.15, 0.2) is 24.3 Å². The molecule has 2 aromatic rings. The minimum atomic E-state index is -0.761. The van der Waals surface area contributed by atoms with Crippen molar-refractivity contribution in [1.82, 2.24) is 9.78 Å². The summed E-state index contributed by atoms with van der Waals surface area (Å²) in [5, 5.41) is 13.2. The Balaban J connectivity index is 2.57. The molecule has 0 aliphatic carbocycles. The first kappa shape index (κ1) is 19.2. The maximum atomic E-state index is 12.5. The molecule has 0 unspecified atom stereocenters. The molecule has 0 atom stereocenters. The summed E-state index contributed by atoms with van der Waals surface area (Å²) in [6.45, 7) is 8.73. The highest BCUT2D eigenvalue weighted by atomic mass is 16.6. The molecule has 1 aromatic carbocycles. The Hall–Kier alpha value is -3.14. The standard InChI is InChI=1S/C19H21N3O4/c1-6-25-17(23)16-12(2)15(14-9-7-13(11-20)8-10-14)21-22(16)18(24)26-19(3,4)5/h7-10H,6H2,1-5H3. The Morgan fingerprint density at radius 3 is 2.35 bits per heavy atom. The van der Waals surface area contributed by atoms with Crippen molar-refractivity contribution in [3.63, 3.8) is 0 Å². The summed E-state index contributed by atoms with van der Waals surface area (Å²) >= 11 is 0. The van der Waals surface area contributed by atoms with Gasteiger partial charge in [0.05, 0.1) is 23.9 Å². The van der Waals surface area contributed by atoms with Crippen LogP contribution in [0.4, 0.5) is 4.79 Å². The third-order valence-electron chi connectivity index (χ3n) is 3.44. The quantitative estimate of drug-likeness (QED) is 0.779. The van der Waals surface area contributed by atoms with Crippen LogP contribution in [0.3, 0.4) is 0 Å². The topological polar surface area (TPSA) is 94.2 Å². The fourth-order valence-corrected chi connectivity index (χ4v) is 2.35. The number of hydrogen-bond acceptors (Lipinski definition) is 6. The number of carbonyl (C=O) groups excluding carboxylic acids is 2. The molecule has 0 saturated carbocycles. The lowest BCUT2D eigenvalue weighted by Crippen LogP contribution is -2.30. The van der Waals surface area contributed by atoms with Gasteiger partial charge in [0.25, 0.3) is 0 Å². The summed E-state index contributed by atoms with van der Waals surface area (Å²) in [5.41, 5.74) is 1.41. The van der Waals surface area contributed by atoms with E-state index < -0.39 is 17.7 Å². The lowest BCUT2D eigenvalue weighted by molar-refractivity contribution is 0.0432. The predicted octanol–water partition coefficient (Wildman–Crippen LogP) is 3.69. The fraction of sp³-hybridized carbons (Fsp3) is 0.368. The smallest absolute Gasteiger partial charge is 0.436 e. The molecule has 1 aromatic heterocycles. The zero-order chi connectivity index (χ0) is 19.5. The van der Waals surface area contributed by atoms with Crippen LogP contribution in [0.5, 0.6) is 0 Å². The normalized spacial score (nSPS) is 10.9. The highest BCUT2D eigenvalue weighted by Gasteiger charge is 2.29. The van der Waals surface area contributed by atoms with Gasteiger partial charge in [-0.3, -0.25) is 0 Å². The van der Waals surface area contributed by atoms with Crippen LogP contribution in [0.1, 0.15) is 49.3 Å². The lowest BCUT2D eigenvalue weighted by atomic mass is 10.1. The second kappa shape index (κ2) is 7.40. The molecule has 0 radical (unpaired) electrons. The molecular weight excluding hydrogens is 334 g/mol. The molecule has 0 spiro atoms. The number of ether oxygens (including phenoxy) is 2. The lowest BCUT2D eigenvalue weighted by Gasteiger charge is -2.19. The van der Waals surface area contributed by atoms with Crippen LogP contribution in [0.25, 0.3) is 11.3 Å². The van der Waals surface area contributed by atoms with Crippen molar-refractivity contribution in [2.45, 2.75) is 40.2 Å². The first-order chi connectivity index (χ1) is 12.2. The van der Waals surface area contributed by atoms with E-state index in [2.05, 4.69) is 5.10 Å². The Morgan fingerprint density at radius 2 is 1.85 bits per heavy atom. The number of benzene rings is 1. The summed E-state index contributed by atoms with van der Waals surface area (Å²) in [6.07, 6.45) is -0.761. The first-order valence-electron chi connectivity index (χ1n) is 8.18. The van der Waals surface area contributed by atoms with Crippen molar-refractivity contribution >= 4 is 12.1 Å². The van der Waals surface area contributed by atoms with Gasteiger partial charge in [-0.05, 0) is 46.8 Å². The van der Waals surface area contributed by atoms with E-state index in [4.69, 9.17) is 14.7 Å². The number of nitriles is 1. The highest BCUT2D eigenvalue weighted by molar-refractivity contribution is 5.95. The number of rotatable bonds is 3. The van der Waals surface area contributed by atoms with Crippen molar-refractivity contribution in [1.29, 1.82) is 5.26 Å². The Labute approximate surface area is 152 Å². The van der Waals surface area contributed by atoms with Gasteiger partial charge in [-0.15, -0.1) is 0 Å². The van der Waals surface area contributed by atoms with Crippen LogP contribution in [0.2, 0.25) is 0 Å². The molecule has 0 fully saturated rings. The molecule has 0 bridgehead atoms. The zero-order valence-corrected chi connectivity index (χ0v) is 15.5. The van der Waals surface area contributed by atoms with Crippen molar-refractivity contribution in [2.24, 2.45) is 0 Å². The van der Waals surface area contributed by atoms with Gasteiger partial charge in [-0.1, -0.05) is 12.1 Å². The van der Waals surface area contributed by atoms with Gasteiger partial charge in [0.15, 0.2) is 5.69 Å². The van der Waals surface area contributed by atoms with Gasteiger partial charge in [0.1, 0.15) is 5.60 Å². The van der Waals surface area contributed by atoms with Gasteiger partial charge < -0.3 is 9.47 Å². The minimum absolute atomic E-state index is 0.0282. The summed E-state index contributed by atoms with van der Waals surface area (Å²) in [5.74, 6) is -0.650. The molecule has 0 N–H and O–H groups in total. The molecule has 26 heavy (non-hydrogen) atoms. The van der Waals surface area contributed by atoms with E-state index in [9.17, 15) is 9.59 Å². The van der Waals surface area contributed by atoms with Gasteiger partial charge in [0.2, 0.25) is 0 Å². The maximum absolute atomic E-state index is 12.5. The van der Waals surface area contributed by atoms with E-state index >= 15 is 0 Å². The second-order valence-corrected chi connectivity index (χ2v) is 6.62. The average Bonchev–Trinajstić information content (AvgIpc) is 2.91. The second-order valence-electron chi connectivity index (χ2n) is 6.62. The van der Waals surface area contributed by atoms with E-state index in [0.717, 1.165) is 4.68 Å². The summed E-state index contributed by atoms with van der Waals surface area (Å²) < 4.78 is 11.3. The summed E-state index contributed by atoms with van der Waals surface area (Å²) in [7, 11) is 0. The van der Waals surface area contributed by atoms with Crippen LogP contribution >= 0.6 is 0 Å². The van der Waals surface area contributed by atoms with Gasteiger partial charge in [-0.2, -0.15) is 15.0 Å². The fourth-order valence-electron chi connectivity index (χ4n) is 2.35. The number of carbonyl (C=O) groups is 2. The molecule has 0 aliphatic heterocycles. The molecule has 0 aliphatic rings. The summed E-state index contributed by atoms with van der Waals surface area (Å²) in [4.78, 5) is 24.9. The van der Waals surface area contributed by atoms with Crippen LogP contribution in [-0.2, 0) is 9.47 Å². The summed E-state index contributed by atoms with van der Waals surface area (Å²) in [6, 6.07) is 8.75. The Morgan fingerprint density at radius 1 is 1.23 bits per heavy atom. The molecular formula is C19H21N3O4. The average molecular weight is 355 g/mol. The monoisotopic (exact) mass is 355 g/mol. The first-order valence-corrected chi connectivity index (χ1v) is 8.18. The van der Waals surface area contributed by atoms with E-state index in [1.165, 1.54) is 0 Å². The van der Waals surface area contributed by atoms with Gasteiger partial charge in [-0.25, -0.2) is 9.59 Å². The number of nitrogens with zero attached hydrogens (tertiary/aromatic N) is 3. The van der Waals surface area contributed by atoms with E-state index in [-0.39, 0.29) is 12.3 Å².